The Labute approximate surface area is 116 Å². The molecule has 0 aliphatic rings. The number of furan rings is 2. The van der Waals surface area contributed by atoms with Crippen LogP contribution in [0.1, 0.15) is 42.2 Å². The van der Waals surface area contributed by atoms with Gasteiger partial charge in [0.25, 0.3) is 0 Å². The molecule has 0 saturated carbocycles. The standard InChI is InChI=1S/C14H18N2O4/c1-4-7-15-14(11-8-9(2)19-10(11)3)12-5-6-13(20-12)16(17)18/h5-6,8,14-15H,4,7H2,1-3H3. The monoisotopic (exact) mass is 278 g/mol. The Kier molecular flexibility index (Phi) is 4.24. The molecule has 0 radical (unpaired) electrons. The van der Waals surface area contributed by atoms with Gasteiger partial charge < -0.3 is 14.2 Å². The molecule has 20 heavy (non-hydrogen) atoms. The van der Waals surface area contributed by atoms with Crippen molar-refractivity contribution >= 4 is 5.88 Å². The van der Waals surface area contributed by atoms with Gasteiger partial charge in [0.05, 0.1) is 12.1 Å². The topological polar surface area (TPSA) is 81.5 Å². The fourth-order valence-electron chi connectivity index (χ4n) is 2.19. The van der Waals surface area contributed by atoms with Crippen LogP contribution >= 0.6 is 0 Å². The van der Waals surface area contributed by atoms with Gasteiger partial charge in [0.2, 0.25) is 0 Å². The third-order valence-electron chi connectivity index (χ3n) is 3.07. The first-order valence-corrected chi connectivity index (χ1v) is 6.57. The van der Waals surface area contributed by atoms with Crippen LogP contribution in [0.3, 0.4) is 0 Å². The van der Waals surface area contributed by atoms with Crippen LogP contribution in [0.2, 0.25) is 0 Å². The van der Waals surface area contributed by atoms with E-state index in [1.165, 1.54) is 6.07 Å². The van der Waals surface area contributed by atoms with E-state index in [-0.39, 0.29) is 11.9 Å². The van der Waals surface area contributed by atoms with Gasteiger partial charge in [0.1, 0.15) is 22.2 Å². The van der Waals surface area contributed by atoms with E-state index in [4.69, 9.17) is 8.83 Å². The number of aryl methyl sites for hydroxylation is 2. The summed E-state index contributed by atoms with van der Waals surface area (Å²) in [6.45, 7) is 6.59. The van der Waals surface area contributed by atoms with Gasteiger partial charge in [-0.15, -0.1) is 0 Å². The maximum Gasteiger partial charge on any atom is 0.433 e. The molecule has 2 heterocycles. The van der Waals surface area contributed by atoms with Crippen LogP contribution in [-0.2, 0) is 0 Å². The summed E-state index contributed by atoms with van der Waals surface area (Å²) < 4.78 is 10.9. The van der Waals surface area contributed by atoms with Crippen molar-refractivity contribution < 1.29 is 13.8 Å². The molecule has 0 amide bonds. The molecular formula is C14H18N2O4. The highest BCUT2D eigenvalue weighted by molar-refractivity contribution is 5.32. The third kappa shape index (κ3) is 2.91. The van der Waals surface area contributed by atoms with Crippen LogP contribution < -0.4 is 5.32 Å². The molecular weight excluding hydrogens is 260 g/mol. The molecule has 1 N–H and O–H groups in total. The van der Waals surface area contributed by atoms with Crippen molar-refractivity contribution in [2.75, 3.05) is 6.54 Å². The Morgan fingerprint density at radius 1 is 1.35 bits per heavy atom. The van der Waals surface area contributed by atoms with E-state index < -0.39 is 4.92 Å². The van der Waals surface area contributed by atoms with Crippen LogP contribution in [0.4, 0.5) is 5.88 Å². The first-order chi connectivity index (χ1) is 9.52. The van der Waals surface area contributed by atoms with Crippen LogP contribution in [0.15, 0.2) is 27.0 Å². The van der Waals surface area contributed by atoms with Crippen molar-refractivity contribution in [1.82, 2.24) is 5.32 Å². The zero-order chi connectivity index (χ0) is 14.7. The highest BCUT2D eigenvalue weighted by Crippen LogP contribution is 2.30. The smallest absolute Gasteiger partial charge is 0.433 e. The van der Waals surface area contributed by atoms with Crippen molar-refractivity contribution in [2.45, 2.75) is 33.2 Å². The van der Waals surface area contributed by atoms with Crippen LogP contribution in [-0.4, -0.2) is 11.5 Å². The number of nitro groups is 1. The van der Waals surface area contributed by atoms with Crippen molar-refractivity contribution in [3.05, 3.63) is 51.2 Å². The molecule has 0 bridgehead atoms. The highest BCUT2D eigenvalue weighted by atomic mass is 16.6. The first-order valence-electron chi connectivity index (χ1n) is 6.57. The molecule has 0 saturated heterocycles. The summed E-state index contributed by atoms with van der Waals surface area (Å²) in [5.74, 6) is 1.87. The van der Waals surface area contributed by atoms with E-state index in [2.05, 4.69) is 12.2 Å². The van der Waals surface area contributed by atoms with Gasteiger partial charge in [-0.3, -0.25) is 10.1 Å². The molecule has 0 aliphatic heterocycles. The van der Waals surface area contributed by atoms with Gasteiger partial charge in [-0.25, -0.2) is 0 Å². The number of hydrogen-bond acceptors (Lipinski definition) is 5. The molecule has 2 rings (SSSR count). The predicted octanol–water partition coefficient (Wildman–Crippen LogP) is 3.49. The normalized spacial score (nSPS) is 12.6. The molecule has 2 aromatic rings. The molecule has 0 aliphatic carbocycles. The van der Waals surface area contributed by atoms with E-state index in [9.17, 15) is 10.1 Å². The average Bonchev–Trinajstić information content (AvgIpc) is 2.98. The minimum atomic E-state index is -0.534. The van der Waals surface area contributed by atoms with Crippen molar-refractivity contribution in [1.29, 1.82) is 0 Å². The molecule has 6 nitrogen and oxygen atoms in total. The summed E-state index contributed by atoms with van der Waals surface area (Å²) in [6, 6.07) is 4.70. The average molecular weight is 278 g/mol. The summed E-state index contributed by atoms with van der Waals surface area (Å²) in [7, 11) is 0. The minimum Gasteiger partial charge on any atom is -0.466 e. The lowest BCUT2D eigenvalue weighted by atomic mass is 10.0. The zero-order valence-corrected chi connectivity index (χ0v) is 11.8. The van der Waals surface area contributed by atoms with Gasteiger partial charge in [-0.05, 0) is 38.9 Å². The molecule has 1 atom stereocenters. The van der Waals surface area contributed by atoms with E-state index in [0.29, 0.717) is 5.76 Å². The Bertz CT molecular complexity index is 600. The third-order valence-corrected chi connectivity index (χ3v) is 3.07. The lowest BCUT2D eigenvalue weighted by Gasteiger charge is -2.15. The van der Waals surface area contributed by atoms with Crippen molar-refractivity contribution in [3.8, 4) is 0 Å². The molecule has 108 valence electrons. The molecule has 0 spiro atoms. The Hall–Kier alpha value is -2.08. The first kappa shape index (κ1) is 14.3. The lowest BCUT2D eigenvalue weighted by Crippen LogP contribution is -2.23. The molecule has 1 unspecified atom stereocenters. The Morgan fingerprint density at radius 2 is 2.10 bits per heavy atom. The number of hydrogen-bond donors (Lipinski definition) is 1. The number of nitrogens with zero attached hydrogens (tertiary/aromatic N) is 1. The fraction of sp³-hybridized carbons (Fsp3) is 0.429. The highest BCUT2D eigenvalue weighted by Gasteiger charge is 2.24. The summed E-state index contributed by atoms with van der Waals surface area (Å²) in [5.41, 5.74) is 0.945. The van der Waals surface area contributed by atoms with Crippen LogP contribution in [0.5, 0.6) is 0 Å². The minimum absolute atomic E-state index is 0.235. The second-order valence-electron chi connectivity index (χ2n) is 4.69. The fourth-order valence-corrected chi connectivity index (χ4v) is 2.19. The van der Waals surface area contributed by atoms with Crippen LogP contribution in [0, 0.1) is 24.0 Å². The van der Waals surface area contributed by atoms with Gasteiger partial charge in [-0.1, -0.05) is 6.92 Å². The number of rotatable bonds is 6. The summed E-state index contributed by atoms with van der Waals surface area (Å²) >= 11 is 0. The molecule has 0 fully saturated rings. The maximum absolute atomic E-state index is 10.7. The Balaban J connectivity index is 2.35. The summed E-state index contributed by atoms with van der Waals surface area (Å²) in [6.07, 6.45) is 0.954. The predicted molar refractivity (Wildman–Crippen MR) is 73.7 cm³/mol. The second kappa shape index (κ2) is 5.92. The zero-order valence-electron chi connectivity index (χ0n) is 11.8. The van der Waals surface area contributed by atoms with Gasteiger partial charge >= 0.3 is 5.88 Å². The summed E-state index contributed by atoms with van der Waals surface area (Å²) in [5, 5.41) is 14.1. The van der Waals surface area contributed by atoms with Crippen molar-refractivity contribution in [2.24, 2.45) is 0 Å². The molecule has 6 heteroatoms. The van der Waals surface area contributed by atoms with E-state index in [0.717, 1.165) is 30.0 Å². The number of nitrogens with one attached hydrogen (secondary N) is 1. The largest absolute Gasteiger partial charge is 0.466 e. The van der Waals surface area contributed by atoms with Crippen LogP contribution in [0.25, 0.3) is 0 Å². The van der Waals surface area contributed by atoms with E-state index in [1.54, 1.807) is 6.07 Å². The van der Waals surface area contributed by atoms with Crippen molar-refractivity contribution in [3.63, 3.8) is 0 Å². The summed E-state index contributed by atoms with van der Waals surface area (Å²) in [4.78, 5) is 10.2. The SMILES string of the molecule is CCCNC(c1ccc([N+](=O)[O-])o1)c1cc(C)oc1C. The maximum atomic E-state index is 10.7. The Morgan fingerprint density at radius 3 is 2.60 bits per heavy atom. The van der Waals surface area contributed by atoms with Gasteiger partial charge in [0, 0.05) is 5.56 Å². The van der Waals surface area contributed by atoms with E-state index >= 15 is 0 Å². The molecule has 2 aromatic heterocycles. The molecule has 0 aromatic carbocycles. The second-order valence-corrected chi connectivity index (χ2v) is 4.69. The van der Waals surface area contributed by atoms with E-state index in [1.807, 2.05) is 19.9 Å². The quantitative estimate of drug-likeness (QED) is 0.646. The van der Waals surface area contributed by atoms with Gasteiger partial charge in [-0.2, -0.15) is 0 Å². The lowest BCUT2D eigenvalue weighted by molar-refractivity contribution is -0.402. The van der Waals surface area contributed by atoms with Gasteiger partial charge in [0.15, 0.2) is 0 Å².